The van der Waals surface area contributed by atoms with Gasteiger partial charge >= 0.3 is 0 Å². The fourth-order valence-electron chi connectivity index (χ4n) is 3.11. The molecule has 0 aromatic heterocycles. The van der Waals surface area contributed by atoms with E-state index in [0.717, 1.165) is 11.1 Å². The second-order valence-electron chi connectivity index (χ2n) is 6.53. The van der Waals surface area contributed by atoms with Gasteiger partial charge in [-0.05, 0) is 36.3 Å². The highest BCUT2D eigenvalue weighted by molar-refractivity contribution is 7.89. The minimum atomic E-state index is -3.76. The van der Waals surface area contributed by atoms with Crippen molar-refractivity contribution in [2.24, 2.45) is 0 Å². The molecule has 28 heavy (non-hydrogen) atoms. The molecule has 1 fully saturated rings. The lowest BCUT2D eigenvalue weighted by Crippen LogP contribution is -2.50. The Morgan fingerprint density at radius 1 is 1.04 bits per heavy atom. The number of nitrogens with zero attached hydrogens (tertiary/aromatic N) is 3. The minimum Gasteiger partial charge on any atom is -0.337 e. The highest BCUT2D eigenvalue weighted by Crippen LogP contribution is 2.21. The smallest absolute Gasteiger partial charge is 0.246 e. The zero-order valence-electron chi connectivity index (χ0n) is 15.6. The number of carbonyl (C=O) groups is 1. The molecule has 1 aliphatic heterocycles. The fourth-order valence-corrected chi connectivity index (χ4v) is 4.68. The normalized spacial score (nSPS) is 15.5. The van der Waals surface area contributed by atoms with Crippen molar-refractivity contribution >= 4 is 22.0 Å². The standard InChI is InChI=1S/C21H21N3O3S/c1-17-6-2-3-7-18(17)10-11-21(25)23-12-14-24(15-13-23)28(26,27)20-9-5-4-8-19(20)16-22/h2-11H,12-15H2,1H3/b11-10+. The second kappa shape index (κ2) is 8.38. The zero-order chi connectivity index (χ0) is 20.1. The van der Waals surface area contributed by atoms with Crippen LogP contribution in [0.5, 0.6) is 0 Å². The molecule has 1 amide bonds. The summed E-state index contributed by atoms with van der Waals surface area (Å²) in [4.78, 5) is 14.1. The van der Waals surface area contributed by atoms with Crippen LogP contribution in [0, 0.1) is 18.3 Å². The maximum atomic E-state index is 12.8. The van der Waals surface area contributed by atoms with Gasteiger partial charge in [-0.2, -0.15) is 9.57 Å². The lowest BCUT2D eigenvalue weighted by Gasteiger charge is -2.33. The van der Waals surface area contributed by atoms with E-state index in [1.807, 2.05) is 37.3 Å². The van der Waals surface area contributed by atoms with Crippen LogP contribution < -0.4 is 0 Å². The number of aryl methyl sites for hydroxylation is 1. The number of nitriles is 1. The van der Waals surface area contributed by atoms with Gasteiger partial charge < -0.3 is 4.90 Å². The number of carbonyl (C=O) groups excluding carboxylic acids is 1. The summed E-state index contributed by atoms with van der Waals surface area (Å²) in [5.41, 5.74) is 2.19. The summed E-state index contributed by atoms with van der Waals surface area (Å²) in [6.07, 6.45) is 3.31. The molecule has 0 spiro atoms. The van der Waals surface area contributed by atoms with Crippen molar-refractivity contribution < 1.29 is 13.2 Å². The summed E-state index contributed by atoms with van der Waals surface area (Å²) >= 11 is 0. The third-order valence-electron chi connectivity index (χ3n) is 4.77. The molecule has 0 aliphatic carbocycles. The molecule has 1 heterocycles. The van der Waals surface area contributed by atoms with Gasteiger partial charge in [0.05, 0.1) is 10.5 Å². The van der Waals surface area contributed by atoms with Crippen molar-refractivity contribution in [3.8, 4) is 6.07 Å². The molecule has 0 bridgehead atoms. The first-order valence-electron chi connectivity index (χ1n) is 8.95. The Balaban J connectivity index is 1.66. The van der Waals surface area contributed by atoms with Gasteiger partial charge in [0.1, 0.15) is 6.07 Å². The first kappa shape index (κ1) is 19.8. The summed E-state index contributed by atoms with van der Waals surface area (Å²) in [5, 5.41) is 9.17. The molecular formula is C21H21N3O3S. The van der Waals surface area contributed by atoms with Crippen LogP contribution in [0.4, 0.5) is 0 Å². The molecule has 3 rings (SSSR count). The first-order valence-corrected chi connectivity index (χ1v) is 10.4. The Hall–Kier alpha value is -2.95. The molecule has 0 unspecified atom stereocenters. The number of amides is 1. The molecule has 144 valence electrons. The maximum Gasteiger partial charge on any atom is 0.246 e. The number of sulfonamides is 1. The monoisotopic (exact) mass is 395 g/mol. The molecule has 7 heteroatoms. The fraction of sp³-hybridized carbons (Fsp3) is 0.238. The minimum absolute atomic E-state index is 0.0109. The lowest BCUT2D eigenvalue weighted by molar-refractivity contribution is -0.127. The van der Waals surface area contributed by atoms with Crippen molar-refractivity contribution in [1.29, 1.82) is 5.26 Å². The Morgan fingerprint density at radius 3 is 2.36 bits per heavy atom. The van der Waals surface area contributed by atoms with E-state index in [2.05, 4.69) is 0 Å². The zero-order valence-corrected chi connectivity index (χ0v) is 16.4. The maximum absolute atomic E-state index is 12.8. The molecule has 2 aromatic rings. The summed E-state index contributed by atoms with van der Waals surface area (Å²) in [6.45, 7) is 3.00. The Morgan fingerprint density at radius 2 is 1.68 bits per heavy atom. The topological polar surface area (TPSA) is 81.5 Å². The predicted molar refractivity (Wildman–Crippen MR) is 107 cm³/mol. The van der Waals surface area contributed by atoms with E-state index < -0.39 is 10.0 Å². The molecule has 0 radical (unpaired) electrons. The van der Waals surface area contributed by atoms with Crippen LogP contribution in [0.3, 0.4) is 0 Å². The van der Waals surface area contributed by atoms with Crippen LogP contribution in [0.15, 0.2) is 59.5 Å². The van der Waals surface area contributed by atoms with Gasteiger partial charge in [-0.25, -0.2) is 8.42 Å². The van der Waals surface area contributed by atoms with E-state index in [1.54, 1.807) is 23.1 Å². The Bertz CT molecular complexity index is 1050. The predicted octanol–water partition coefficient (Wildman–Crippen LogP) is 2.41. The average molecular weight is 395 g/mol. The summed E-state index contributed by atoms with van der Waals surface area (Å²) < 4.78 is 27.0. The highest BCUT2D eigenvalue weighted by atomic mass is 32.2. The number of benzene rings is 2. The number of piperazine rings is 1. The Labute approximate surface area is 165 Å². The van der Waals surface area contributed by atoms with E-state index in [-0.39, 0.29) is 29.5 Å². The van der Waals surface area contributed by atoms with Crippen LogP contribution in [-0.2, 0) is 14.8 Å². The summed E-state index contributed by atoms with van der Waals surface area (Å²) in [7, 11) is -3.76. The van der Waals surface area contributed by atoms with E-state index in [9.17, 15) is 18.5 Å². The van der Waals surface area contributed by atoms with Crippen LogP contribution >= 0.6 is 0 Å². The highest BCUT2D eigenvalue weighted by Gasteiger charge is 2.31. The van der Waals surface area contributed by atoms with Gasteiger partial charge in [0.25, 0.3) is 0 Å². The molecular weight excluding hydrogens is 374 g/mol. The van der Waals surface area contributed by atoms with Gasteiger partial charge in [0.15, 0.2) is 0 Å². The molecule has 6 nitrogen and oxygen atoms in total. The van der Waals surface area contributed by atoms with E-state index in [0.29, 0.717) is 13.1 Å². The van der Waals surface area contributed by atoms with Gasteiger partial charge in [-0.3, -0.25) is 4.79 Å². The van der Waals surface area contributed by atoms with Gasteiger partial charge in [-0.15, -0.1) is 0 Å². The van der Waals surface area contributed by atoms with Crippen LogP contribution in [-0.4, -0.2) is 49.7 Å². The van der Waals surface area contributed by atoms with Crippen LogP contribution in [0.2, 0.25) is 0 Å². The number of rotatable bonds is 4. The van der Waals surface area contributed by atoms with Crippen molar-refractivity contribution in [2.75, 3.05) is 26.2 Å². The largest absolute Gasteiger partial charge is 0.337 e. The van der Waals surface area contributed by atoms with Crippen molar-refractivity contribution in [2.45, 2.75) is 11.8 Å². The molecule has 0 N–H and O–H groups in total. The van der Waals surface area contributed by atoms with Gasteiger partial charge in [0, 0.05) is 32.3 Å². The van der Waals surface area contributed by atoms with Gasteiger partial charge in [-0.1, -0.05) is 36.4 Å². The van der Waals surface area contributed by atoms with Crippen LogP contribution in [0.25, 0.3) is 6.08 Å². The number of hydrogen-bond donors (Lipinski definition) is 0. The molecule has 2 aromatic carbocycles. The molecule has 1 aliphatic rings. The van der Waals surface area contributed by atoms with Crippen molar-refractivity contribution in [3.05, 3.63) is 71.3 Å². The summed E-state index contributed by atoms with van der Waals surface area (Å²) in [6, 6.07) is 15.9. The number of hydrogen-bond acceptors (Lipinski definition) is 4. The van der Waals surface area contributed by atoms with E-state index >= 15 is 0 Å². The van der Waals surface area contributed by atoms with E-state index in [4.69, 9.17) is 0 Å². The third-order valence-corrected chi connectivity index (χ3v) is 6.73. The van der Waals surface area contributed by atoms with Crippen molar-refractivity contribution in [1.82, 2.24) is 9.21 Å². The molecule has 0 saturated carbocycles. The van der Waals surface area contributed by atoms with Gasteiger partial charge in [0.2, 0.25) is 15.9 Å². The van der Waals surface area contributed by atoms with Crippen LogP contribution in [0.1, 0.15) is 16.7 Å². The SMILES string of the molecule is Cc1ccccc1/C=C/C(=O)N1CCN(S(=O)(=O)c2ccccc2C#N)CC1. The molecule has 0 atom stereocenters. The van der Waals surface area contributed by atoms with E-state index in [1.165, 1.54) is 22.5 Å². The second-order valence-corrected chi connectivity index (χ2v) is 8.43. The quantitative estimate of drug-likeness (QED) is 0.745. The first-order chi connectivity index (χ1) is 13.4. The lowest BCUT2D eigenvalue weighted by atomic mass is 10.1. The summed E-state index contributed by atoms with van der Waals surface area (Å²) in [5.74, 6) is -0.141. The average Bonchev–Trinajstić information content (AvgIpc) is 2.73. The Kier molecular flexibility index (Phi) is 5.93. The third kappa shape index (κ3) is 4.14. The van der Waals surface area contributed by atoms with Crippen molar-refractivity contribution in [3.63, 3.8) is 0 Å². The molecule has 1 saturated heterocycles.